The van der Waals surface area contributed by atoms with E-state index in [2.05, 4.69) is 0 Å². The van der Waals surface area contributed by atoms with Gasteiger partial charge in [0, 0.05) is 10.6 Å². The van der Waals surface area contributed by atoms with Crippen molar-refractivity contribution in [3.05, 3.63) is 33.8 Å². The number of halogens is 3. The summed E-state index contributed by atoms with van der Waals surface area (Å²) in [5, 5.41) is 0.340. The standard InChI is InChI=1S/C10H7Cl2FO2/c1-5(14)9(13)10(15)7-4-6(11)2-3-8(7)12/h2-4,9H,1H3. The summed E-state index contributed by atoms with van der Waals surface area (Å²) in [4.78, 5) is 22.1. The van der Waals surface area contributed by atoms with E-state index in [0.29, 0.717) is 0 Å². The molecule has 0 heterocycles. The van der Waals surface area contributed by atoms with Crippen LogP contribution in [-0.2, 0) is 4.79 Å². The molecule has 0 bridgehead atoms. The first-order valence-electron chi connectivity index (χ1n) is 4.07. The van der Waals surface area contributed by atoms with E-state index >= 15 is 0 Å². The molecule has 1 aromatic carbocycles. The second-order valence-corrected chi connectivity index (χ2v) is 3.81. The van der Waals surface area contributed by atoms with E-state index in [0.717, 1.165) is 6.92 Å². The molecule has 0 N–H and O–H groups in total. The van der Waals surface area contributed by atoms with Gasteiger partial charge in [-0.05, 0) is 25.1 Å². The molecule has 0 aliphatic rings. The van der Waals surface area contributed by atoms with Crippen LogP contribution < -0.4 is 0 Å². The van der Waals surface area contributed by atoms with Crippen molar-refractivity contribution in [2.24, 2.45) is 0 Å². The highest BCUT2D eigenvalue weighted by atomic mass is 35.5. The summed E-state index contributed by atoms with van der Waals surface area (Å²) in [6.45, 7) is 1.00. The molecule has 1 unspecified atom stereocenters. The van der Waals surface area contributed by atoms with Crippen LogP contribution in [0, 0.1) is 0 Å². The van der Waals surface area contributed by atoms with Crippen LogP contribution in [0.15, 0.2) is 18.2 Å². The molecule has 1 aromatic rings. The number of Topliss-reactive ketones (excluding diaryl/α,β-unsaturated/α-hetero) is 2. The summed E-state index contributed by atoms with van der Waals surface area (Å²) in [5.74, 6) is -1.81. The first kappa shape index (κ1) is 12.1. The normalized spacial score (nSPS) is 12.3. The second kappa shape index (κ2) is 4.73. The highest BCUT2D eigenvalue weighted by Crippen LogP contribution is 2.22. The number of carbonyl (C=O) groups excluding carboxylic acids is 2. The Bertz CT molecular complexity index is 418. The smallest absolute Gasteiger partial charge is 0.220 e. The Morgan fingerprint density at radius 3 is 2.47 bits per heavy atom. The number of ketones is 2. The van der Waals surface area contributed by atoms with E-state index in [4.69, 9.17) is 23.2 Å². The molecule has 0 aromatic heterocycles. The molecule has 0 saturated heterocycles. The lowest BCUT2D eigenvalue weighted by molar-refractivity contribution is -0.120. The van der Waals surface area contributed by atoms with E-state index in [1.54, 1.807) is 0 Å². The van der Waals surface area contributed by atoms with E-state index in [1.165, 1.54) is 18.2 Å². The third-order valence-corrected chi connectivity index (χ3v) is 2.35. The van der Waals surface area contributed by atoms with Crippen LogP contribution in [-0.4, -0.2) is 17.7 Å². The summed E-state index contributed by atoms with van der Waals surface area (Å²) >= 11 is 11.3. The molecule has 0 aliphatic heterocycles. The van der Waals surface area contributed by atoms with E-state index in [1.807, 2.05) is 0 Å². The third kappa shape index (κ3) is 2.76. The Morgan fingerprint density at radius 1 is 1.33 bits per heavy atom. The SMILES string of the molecule is CC(=O)C(F)C(=O)c1cc(Cl)ccc1Cl. The monoisotopic (exact) mass is 248 g/mol. The maximum absolute atomic E-state index is 13.1. The number of carbonyl (C=O) groups is 2. The van der Waals surface area contributed by atoms with E-state index in [-0.39, 0.29) is 15.6 Å². The van der Waals surface area contributed by atoms with Gasteiger partial charge in [0.25, 0.3) is 0 Å². The lowest BCUT2D eigenvalue weighted by Crippen LogP contribution is -2.23. The molecular weight excluding hydrogens is 242 g/mol. The molecule has 0 saturated carbocycles. The van der Waals surface area contributed by atoms with Crippen molar-refractivity contribution in [3.8, 4) is 0 Å². The first-order valence-corrected chi connectivity index (χ1v) is 4.83. The molecule has 5 heteroatoms. The maximum Gasteiger partial charge on any atom is 0.220 e. The quantitative estimate of drug-likeness (QED) is 0.609. The van der Waals surface area contributed by atoms with Crippen LogP contribution >= 0.6 is 23.2 Å². The van der Waals surface area contributed by atoms with E-state index < -0.39 is 17.7 Å². The fourth-order valence-corrected chi connectivity index (χ4v) is 1.39. The van der Waals surface area contributed by atoms with Crippen LogP contribution in [0.5, 0.6) is 0 Å². The van der Waals surface area contributed by atoms with Crippen LogP contribution in [0.25, 0.3) is 0 Å². The van der Waals surface area contributed by atoms with Gasteiger partial charge in [0.05, 0.1) is 5.02 Å². The molecule has 0 radical (unpaired) electrons. The minimum Gasteiger partial charge on any atom is -0.296 e. The van der Waals surface area contributed by atoms with Crippen LogP contribution in [0.1, 0.15) is 17.3 Å². The lowest BCUT2D eigenvalue weighted by atomic mass is 10.1. The molecular formula is C10H7Cl2FO2. The third-order valence-electron chi connectivity index (χ3n) is 1.78. The minimum atomic E-state index is -2.18. The maximum atomic E-state index is 13.1. The van der Waals surface area contributed by atoms with Gasteiger partial charge < -0.3 is 0 Å². The van der Waals surface area contributed by atoms with Crippen LogP contribution in [0.3, 0.4) is 0 Å². The summed E-state index contributed by atoms with van der Waals surface area (Å²) < 4.78 is 13.1. The Morgan fingerprint density at radius 2 is 1.93 bits per heavy atom. The molecule has 0 aliphatic carbocycles. The number of benzene rings is 1. The second-order valence-electron chi connectivity index (χ2n) is 2.96. The zero-order valence-electron chi connectivity index (χ0n) is 7.76. The topological polar surface area (TPSA) is 34.1 Å². The number of hydrogen-bond acceptors (Lipinski definition) is 2. The minimum absolute atomic E-state index is 0.0770. The molecule has 0 amide bonds. The van der Waals surface area contributed by atoms with Gasteiger partial charge in [0.15, 0.2) is 5.78 Å². The fraction of sp³-hybridized carbons (Fsp3) is 0.200. The van der Waals surface area contributed by atoms with Gasteiger partial charge >= 0.3 is 0 Å². The predicted octanol–water partition coefficient (Wildman–Crippen LogP) is 3.10. The largest absolute Gasteiger partial charge is 0.296 e. The zero-order chi connectivity index (χ0) is 11.6. The number of alkyl halides is 1. The van der Waals surface area contributed by atoms with Gasteiger partial charge in [-0.15, -0.1) is 0 Å². The summed E-state index contributed by atoms with van der Waals surface area (Å²) in [7, 11) is 0. The summed E-state index contributed by atoms with van der Waals surface area (Å²) in [6.07, 6.45) is -2.18. The molecule has 15 heavy (non-hydrogen) atoms. The van der Waals surface area contributed by atoms with Crippen molar-refractivity contribution in [2.75, 3.05) is 0 Å². The Labute approximate surface area is 96.0 Å². The summed E-state index contributed by atoms with van der Waals surface area (Å²) in [5.41, 5.74) is -0.0770. The first-order chi connectivity index (χ1) is 6.93. The van der Waals surface area contributed by atoms with Gasteiger partial charge in [-0.2, -0.15) is 0 Å². The Hall–Kier alpha value is -0.930. The zero-order valence-corrected chi connectivity index (χ0v) is 9.27. The number of rotatable bonds is 3. The van der Waals surface area contributed by atoms with Crippen molar-refractivity contribution in [1.29, 1.82) is 0 Å². The molecule has 2 nitrogen and oxygen atoms in total. The molecule has 1 rings (SSSR count). The molecule has 1 atom stereocenters. The highest BCUT2D eigenvalue weighted by molar-refractivity contribution is 6.36. The molecule has 0 fully saturated rings. The van der Waals surface area contributed by atoms with Gasteiger partial charge in [-0.25, -0.2) is 4.39 Å². The van der Waals surface area contributed by atoms with E-state index in [9.17, 15) is 14.0 Å². The van der Waals surface area contributed by atoms with Crippen molar-refractivity contribution in [2.45, 2.75) is 13.1 Å². The fourth-order valence-electron chi connectivity index (χ4n) is 1.01. The lowest BCUT2D eigenvalue weighted by Gasteiger charge is -2.05. The predicted molar refractivity (Wildman–Crippen MR) is 56.4 cm³/mol. The van der Waals surface area contributed by atoms with Gasteiger partial charge in [-0.1, -0.05) is 23.2 Å². The van der Waals surface area contributed by atoms with Crippen LogP contribution in [0.4, 0.5) is 4.39 Å². The summed E-state index contributed by atoms with van der Waals surface area (Å²) in [6, 6.07) is 4.09. The average Bonchev–Trinajstić information content (AvgIpc) is 2.19. The highest BCUT2D eigenvalue weighted by Gasteiger charge is 2.25. The Balaban J connectivity index is 3.11. The average molecular weight is 249 g/mol. The van der Waals surface area contributed by atoms with Crippen molar-refractivity contribution in [3.63, 3.8) is 0 Å². The van der Waals surface area contributed by atoms with Gasteiger partial charge in [-0.3, -0.25) is 9.59 Å². The van der Waals surface area contributed by atoms with Gasteiger partial charge in [0.2, 0.25) is 12.0 Å². The Kier molecular flexibility index (Phi) is 3.83. The van der Waals surface area contributed by atoms with Crippen molar-refractivity contribution >= 4 is 34.8 Å². The van der Waals surface area contributed by atoms with Crippen molar-refractivity contribution < 1.29 is 14.0 Å². The van der Waals surface area contributed by atoms with Crippen molar-refractivity contribution in [1.82, 2.24) is 0 Å². The molecule has 80 valence electrons. The number of hydrogen-bond donors (Lipinski definition) is 0. The molecule has 0 spiro atoms. The van der Waals surface area contributed by atoms with Crippen LogP contribution in [0.2, 0.25) is 10.0 Å². The van der Waals surface area contributed by atoms with Gasteiger partial charge in [0.1, 0.15) is 0 Å².